The average Bonchev–Trinajstić information content (AvgIpc) is 3.47. The van der Waals surface area contributed by atoms with Gasteiger partial charge in [0.15, 0.2) is 10.8 Å². The van der Waals surface area contributed by atoms with Gasteiger partial charge in [0.05, 0.1) is 29.8 Å². The maximum absolute atomic E-state index is 13.2. The SMILES string of the molecule is COC(=O)c1ccccc1NC(=O)CSc1nnc2c3cc(-c4ccc(F)cc4)nn3ccn12. The Balaban J connectivity index is 1.35. The topological polar surface area (TPSA) is 103 Å². The van der Waals surface area contributed by atoms with Gasteiger partial charge in [-0.25, -0.2) is 13.7 Å². The molecule has 3 heterocycles. The molecule has 0 bridgehead atoms. The normalized spacial score (nSPS) is 11.1. The van der Waals surface area contributed by atoms with Gasteiger partial charge in [0.1, 0.15) is 11.3 Å². The van der Waals surface area contributed by atoms with Crippen LogP contribution in [0.4, 0.5) is 10.1 Å². The first-order valence-electron chi connectivity index (χ1n) is 10.1. The standard InChI is InChI=1S/C23H17FN6O3S/c1-33-22(32)16-4-2-3-5-17(16)25-20(31)13-34-23-27-26-21-19-12-18(14-6-8-15(24)9-7-14)28-30(19)11-10-29(21)23/h2-12H,13H2,1H3,(H,25,31). The summed E-state index contributed by atoms with van der Waals surface area (Å²) in [5, 5.41) is 16.3. The molecule has 0 aliphatic heterocycles. The number of aromatic nitrogens is 5. The largest absolute Gasteiger partial charge is 0.465 e. The molecule has 170 valence electrons. The summed E-state index contributed by atoms with van der Waals surface area (Å²) in [5.41, 5.74) is 3.40. The molecule has 3 aromatic heterocycles. The first-order valence-corrected chi connectivity index (χ1v) is 11.1. The van der Waals surface area contributed by atoms with Crippen LogP contribution in [0.2, 0.25) is 0 Å². The minimum absolute atomic E-state index is 0.0571. The highest BCUT2D eigenvalue weighted by Crippen LogP contribution is 2.25. The van der Waals surface area contributed by atoms with Gasteiger partial charge in [-0.1, -0.05) is 23.9 Å². The molecule has 0 radical (unpaired) electrons. The van der Waals surface area contributed by atoms with Crippen LogP contribution in [0.25, 0.3) is 22.4 Å². The van der Waals surface area contributed by atoms with Gasteiger partial charge in [-0.05, 0) is 42.5 Å². The average molecular weight is 476 g/mol. The summed E-state index contributed by atoms with van der Waals surface area (Å²) < 4.78 is 21.4. The maximum atomic E-state index is 13.2. The number of fused-ring (bicyclic) bond motifs is 3. The predicted octanol–water partition coefficient (Wildman–Crippen LogP) is 3.70. The molecule has 9 nitrogen and oxygen atoms in total. The number of methoxy groups -OCH3 is 1. The highest BCUT2D eigenvalue weighted by atomic mass is 32.2. The fourth-order valence-corrected chi connectivity index (χ4v) is 4.16. The summed E-state index contributed by atoms with van der Waals surface area (Å²) in [6.45, 7) is 0. The third kappa shape index (κ3) is 4.08. The fourth-order valence-electron chi connectivity index (χ4n) is 3.45. The Kier molecular flexibility index (Phi) is 5.68. The molecule has 0 spiro atoms. The number of hydrogen-bond acceptors (Lipinski definition) is 7. The molecule has 0 saturated heterocycles. The van der Waals surface area contributed by atoms with Crippen molar-refractivity contribution >= 4 is 40.5 Å². The molecule has 0 aliphatic carbocycles. The van der Waals surface area contributed by atoms with E-state index in [1.807, 2.05) is 6.07 Å². The molecule has 34 heavy (non-hydrogen) atoms. The number of thioether (sulfide) groups is 1. The lowest BCUT2D eigenvalue weighted by molar-refractivity contribution is -0.113. The fraction of sp³-hybridized carbons (Fsp3) is 0.0870. The lowest BCUT2D eigenvalue weighted by Crippen LogP contribution is -2.17. The molecule has 0 unspecified atom stereocenters. The zero-order valence-corrected chi connectivity index (χ0v) is 18.6. The first-order chi connectivity index (χ1) is 16.5. The Morgan fingerprint density at radius 2 is 1.88 bits per heavy atom. The first kappa shape index (κ1) is 21.6. The summed E-state index contributed by atoms with van der Waals surface area (Å²) in [7, 11) is 1.29. The molecule has 0 aliphatic rings. The van der Waals surface area contributed by atoms with Crippen molar-refractivity contribution in [2.75, 3.05) is 18.2 Å². The van der Waals surface area contributed by atoms with Crippen molar-refractivity contribution in [3.05, 3.63) is 78.4 Å². The van der Waals surface area contributed by atoms with Gasteiger partial charge in [0, 0.05) is 18.0 Å². The molecule has 1 amide bonds. The Labute approximate surface area is 196 Å². The number of hydrogen-bond donors (Lipinski definition) is 1. The molecule has 0 saturated carbocycles. The van der Waals surface area contributed by atoms with Gasteiger partial charge in [-0.15, -0.1) is 10.2 Å². The summed E-state index contributed by atoms with van der Waals surface area (Å²) in [6, 6.07) is 14.6. The van der Waals surface area contributed by atoms with Gasteiger partial charge < -0.3 is 10.1 Å². The minimum Gasteiger partial charge on any atom is -0.465 e. The lowest BCUT2D eigenvalue weighted by Gasteiger charge is -2.09. The molecular weight excluding hydrogens is 459 g/mol. The number of nitrogens with one attached hydrogen (secondary N) is 1. The summed E-state index contributed by atoms with van der Waals surface area (Å²) in [5.74, 6) is -1.09. The van der Waals surface area contributed by atoms with Crippen LogP contribution in [-0.2, 0) is 9.53 Å². The van der Waals surface area contributed by atoms with E-state index >= 15 is 0 Å². The van der Waals surface area contributed by atoms with Crippen molar-refractivity contribution < 1.29 is 18.7 Å². The van der Waals surface area contributed by atoms with E-state index in [2.05, 4.69) is 20.6 Å². The highest BCUT2D eigenvalue weighted by molar-refractivity contribution is 7.99. The molecule has 2 aromatic carbocycles. The molecule has 5 rings (SSSR count). The number of ether oxygens (including phenoxy) is 1. The highest BCUT2D eigenvalue weighted by Gasteiger charge is 2.16. The zero-order chi connectivity index (χ0) is 23.7. The van der Waals surface area contributed by atoms with E-state index in [0.29, 0.717) is 22.2 Å². The number of para-hydroxylation sites is 1. The molecule has 1 N–H and O–H groups in total. The quantitative estimate of drug-likeness (QED) is 0.294. The molecule has 5 aromatic rings. The third-order valence-electron chi connectivity index (χ3n) is 5.07. The second-order valence-corrected chi connectivity index (χ2v) is 8.16. The molecule has 11 heteroatoms. The monoisotopic (exact) mass is 476 g/mol. The van der Waals surface area contributed by atoms with Crippen molar-refractivity contribution in [2.24, 2.45) is 0 Å². The Hall–Kier alpha value is -4.25. The van der Waals surface area contributed by atoms with Crippen LogP contribution in [0.1, 0.15) is 10.4 Å². The number of benzene rings is 2. The Morgan fingerprint density at radius 3 is 2.68 bits per heavy atom. The molecule has 0 atom stereocenters. The minimum atomic E-state index is -0.531. The van der Waals surface area contributed by atoms with Crippen LogP contribution in [0.5, 0.6) is 0 Å². The van der Waals surface area contributed by atoms with Crippen LogP contribution >= 0.6 is 11.8 Å². The smallest absolute Gasteiger partial charge is 0.339 e. The number of carbonyl (C=O) groups excluding carboxylic acids is 2. The van der Waals surface area contributed by atoms with E-state index < -0.39 is 5.97 Å². The summed E-state index contributed by atoms with van der Waals surface area (Å²) >= 11 is 1.21. The number of carbonyl (C=O) groups is 2. The van der Waals surface area contributed by atoms with Crippen molar-refractivity contribution in [3.63, 3.8) is 0 Å². The van der Waals surface area contributed by atoms with Gasteiger partial charge in [-0.3, -0.25) is 9.20 Å². The van der Waals surface area contributed by atoms with E-state index in [4.69, 9.17) is 4.74 Å². The van der Waals surface area contributed by atoms with E-state index in [0.717, 1.165) is 11.1 Å². The zero-order valence-electron chi connectivity index (χ0n) is 17.8. The Morgan fingerprint density at radius 1 is 1.09 bits per heavy atom. The summed E-state index contributed by atoms with van der Waals surface area (Å²) in [4.78, 5) is 24.4. The second-order valence-electron chi connectivity index (χ2n) is 7.21. The van der Waals surface area contributed by atoms with Crippen molar-refractivity contribution in [2.45, 2.75) is 5.16 Å². The molecule has 0 fully saturated rings. The lowest BCUT2D eigenvalue weighted by atomic mass is 10.1. The van der Waals surface area contributed by atoms with Crippen molar-refractivity contribution in [3.8, 4) is 11.3 Å². The van der Waals surface area contributed by atoms with Crippen LogP contribution in [0, 0.1) is 5.82 Å². The maximum Gasteiger partial charge on any atom is 0.339 e. The van der Waals surface area contributed by atoms with Gasteiger partial charge in [0.25, 0.3) is 0 Å². The number of nitrogens with zero attached hydrogens (tertiary/aromatic N) is 5. The number of rotatable bonds is 6. The summed E-state index contributed by atoms with van der Waals surface area (Å²) in [6.07, 6.45) is 3.52. The van der Waals surface area contributed by atoms with E-state index in [-0.39, 0.29) is 23.0 Å². The van der Waals surface area contributed by atoms with Crippen molar-refractivity contribution in [1.29, 1.82) is 0 Å². The number of amides is 1. The number of esters is 1. The van der Waals surface area contributed by atoms with Crippen LogP contribution in [0.3, 0.4) is 0 Å². The Bertz CT molecular complexity index is 1530. The van der Waals surface area contributed by atoms with E-state index in [1.165, 1.54) is 31.0 Å². The van der Waals surface area contributed by atoms with Crippen LogP contribution in [-0.4, -0.2) is 49.0 Å². The van der Waals surface area contributed by atoms with E-state index in [1.54, 1.807) is 57.7 Å². The second kappa shape index (κ2) is 8.94. The third-order valence-corrected chi connectivity index (χ3v) is 6.01. The number of halogens is 1. The van der Waals surface area contributed by atoms with E-state index in [9.17, 15) is 14.0 Å². The molecular formula is C23H17FN6O3S. The predicted molar refractivity (Wildman–Crippen MR) is 124 cm³/mol. The van der Waals surface area contributed by atoms with Gasteiger partial charge >= 0.3 is 5.97 Å². The van der Waals surface area contributed by atoms with Gasteiger partial charge in [0.2, 0.25) is 5.91 Å². The van der Waals surface area contributed by atoms with Crippen LogP contribution in [0.15, 0.2) is 72.1 Å². The number of anilines is 1. The van der Waals surface area contributed by atoms with Gasteiger partial charge in [-0.2, -0.15) is 5.10 Å². The van der Waals surface area contributed by atoms with Crippen LogP contribution < -0.4 is 5.32 Å². The van der Waals surface area contributed by atoms with Crippen molar-refractivity contribution in [1.82, 2.24) is 24.2 Å².